The maximum Gasteiger partial charge on any atom is 0.417 e. The molecule has 1 aliphatic rings. The zero-order valence-electron chi connectivity index (χ0n) is 18.0. The van der Waals surface area contributed by atoms with Crippen LogP contribution < -0.4 is 10.2 Å². The van der Waals surface area contributed by atoms with Gasteiger partial charge in [-0.05, 0) is 55.0 Å². The molecule has 0 radical (unpaired) electrons. The number of alkyl halides is 3. The lowest BCUT2D eigenvalue weighted by atomic mass is 10.0. The summed E-state index contributed by atoms with van der Waals surface area (Å²) in [6, 6.07) is 10.4. The van der Waals surface area contributed by atoms with E-state index in [0.29, 0.717) is 24.7 Å². The highest BCUT2D eigenvalue weighted by Crippen LogP contribution is 2.34. The summed E-state index contributed by atoms with van der Waals surface area (Å²) in [5.41, 5.74) is -2.03. The molecular formula is C23H18F5N5O2. The molecule has 0 spiro atoms. The van der Waals surface area contributed by atoms with Gasteiger partial charge in [0, 0.05) is 18.8 Å². The molecule has 0 bridgehead atoms. The van der Waals surface area contributed by atoms with Crippen LogP contribution in [0.25, 0.3) is 0 Å². The van der Waals surface area contributed by atoms with Crippen LogP contribution in [0, 0.1) is 11.6 Å². The van der Waals surface area contributed by atoms with Crippen molar-refractivity contribution in [3.05, 3.63) is 83.1 Å². The van der Waals surface area contributed by atoms with Gasteiger partial charge in [0.15, 0.2) is 11.5 Å². The summed E-state index contributed by atoms with van der Waals surface area (Å²) in [6.45, 7) is 0.413. The quantitative estimate of drug-likeness (QED) is 0.550. The number of halogens is 5. The molecule has 0 aliphatic carbocycles. The Hall–Kier alpha value is -4.09. The third-order valence-electron chi connectivity index (χ3n) is 5.33. The van der Waals surface area contributed by atoms with Gasteiger partial charge in [-0.1, -0.05) is 6.07 Å². The van der Waals surface area contributed by atoms with Gasteiger partial charge in [0.2, 0.25) is 0 Å². The van der Waals surface area contributed by atoms with Gasteiger partial charge in [-0.2, -0.15) is 13.2 Å². The monoisotopic (exact) mass is 491 g/mol. The molecule has 182 valence electrons. The number of benzene rings is 2. The Labute approximate surface area is 196 Å². The van der Waals surface area contributed by atoms with E-state index in [0.717, 1.165) is 17.0 Å². The highest BCUT2D eigenvalue weighted by atomic mass is 19.4. The zero-order chi connectivity index (χ0) is 25.2. The molecule has 2 amide bonds. The fraction of sp³-hybridized carbons (Fsp3) is 0.217. The van der Waals surface area contributed by atoms with Crippen molar-refractivity contribution in [2.45, 2.75) is 12.6 Å². The first-order chi connectivity index (χ1) is 16.6. The van der Waals surface area contributed by atoms with E-state index in [1.54, 1.807) is 4.90 Å². The summed E-state index contributed by atoms with van der Waals surface area (Å²) in [7, 11) is 0. The highest BCUT2D eigenvalue weighted by molar-refractivity contribution is 6.02. The van der Waals surface area contributed by atoms with Crippen LogP contribution in [0.3, 0.4) is 0 Å². The Balaban J connectivity index is 1.47. The third-order valence-corrected chi connectivity index (χ3v) is 5.33. The van der Waals surface area contributed by atoms with E-state index in [9.17, 15) is 31.5 Å². The van der Waals surface area contributed by atoms with Crippen molar-refractivity contribution >= 4 is 23.3 Å². The molecule has 7 nitrogen and oxygen atoms in total. The summed E-state index contributed by atoms with van der Waals surface area (Å²) in [6.07, 6.45) is -4.49. The van der Waals surface area contributed by atoms with Gasteiger partial charge in [0.05, 0.1) is 17.8 Å². The van der Waals surface area contributed by atoms with Crippen LogP contribution in [-0.4, -0.2) is 46.7 Å². The van der Waals surface area contributed by atoms with Crippen molar-refractivity contribution in [1.29, 1.82) is 0 Å². The first-order valence-corrected chi connectivity index (χ1v) is 10.4. The van der Waals surface area contributed by atoms with Gasteiger partial charge in [-0.15, -0.1) is 10.2 Å². The van der Waals surface area contributed by atoms with Gasteiger partial charge in [0.1, 0.15) is 11.6 Å². The minimum Gasteiger partial charge on any atom is -0.337 e. The number of rotatable bonds is 4. The zero-order valence-corrected chi connectivity index (χ0v) is 18.0. The number of hydrogen-bond acceptors (Lipinski definition) is 5. The Morgan fingerprint density at radius 2 is 1.66 bits per heavy atom. The molecule has 1 saturated heterocycles. The van der Waals surface area contributed by atoms with Gasteiger partial charge in [0.25, 0.3) is 11.8 Å². The van der Waals surface area contributed by atoms with Gasteiger partial charge in [-0.25, -0.2) is 8.78 Å². The second kappa shape index (κ2) is 9.65. The second-order valence-electron chi connectivity index (χ2n) is 7.72. The van der Waals surface area contributed by atoms with E-state index in [2.05, 4.69) is 15.5 Å². The molecule has 1 N–H and O–H groups in total. The SMILES string of the molecule is O=C(Nc1ccc(F)cc1)c1ccc(N2CCCN(C(=O)c3c(F)cccc3C(F)(F)F)C2)nn1. The van der Waals surface area contributed by atoms with Crippen LogP contribution in [0.4, 0.5) is 33.5 Å². The average Bonchev–Trinajstić information content (AvgIpc) is 2.84. The Morgan fingerprint density at radius 3 is 2.31 bits per heavy atom. The Morgan fingerprint density at radius 1 is 0.914 bits per heavy atom. The highest BCUT2D eigenvalue weighted by Gasteiger charge is 2.38. The molecule has 1 aliphatic heterocycles. The fourth-order valence-corrected chi connectivity index (χ4v) is 3.63. The maximum absolute atomic E-state index is 14.3. The smallest absolute Gasteiger partial charge is 0.337 e. The van der Waals surface area contributed by atoms with Crippen LogP contribution in [0.2, 0.25) is 0 Å². The van der Waals surface area contributed by atoms with Crippen LogP contribution in [0.5, 0.6) is 0 Å². The topological polar surface area (TPSA) is 78.4 Å². The maximum atomic E-state index is 14.3. The molecular weight excluding hydrogens is 473 g/mol. The van der Waals surface area contributed by atoms with Crippen molar-refractivity contribution in [3.8, 4) is 0 Å². The summed E-state index contributed by atoms with van der Waals surface area (Å²) < 4.78 is 67.3. The molecule has 2 heterocycles. The van der Waals surface area contributed by atoms with Crippen LogP contribution in [-0.2, 0) is 6.18 Å². The van der Waals surface area contributed by atoms with Crippen LogP contribution in [0.15, 0.2) is 54.6 Å². The number of carbonyl (C=O) groups excluding carboxylic acids is 2. The molecule has 0 unspecified atom stereocenters. The summed E-state index contributed by atoms with van der Waals surface area (Å²) in [5.74, 6) is -3.08. The summed E-state index contributed by atoms with van der Waals surface area (Å²) in [4.78, 5) is 27.9. The molecule has 0 atom stereocenters. The molecule has 35 heavy (non-hydrogen) atoms. The minimum absolute atomic E-state index is 0.0239. The molecule has 4 rings (SSSR count). The van der Waals surface area contributed by atoms with E-state index in [4.69, 9.17) is 0 Å². The van der Waals surface area contributed by atoms with Crippen molar-refractivity contribution in [1.82, 2.24) is 15.1 Å². The number of nitrogens with one attached hydrogen (secondary N) is 1. The molecule has 2 aromatic carbocycles. The normalized spacial score (nSPS) is 14.1. The molecule has 0 saturated carbocycles. The molecule has 1 fully saturated rings. The van der Waals surface area contributed by atoms with Crippen LogP contribution in [0.1, 0.15) is 32.8 Å². The third kappa shape index (κ3) is 5.36. The molecule has 1 aromatic heterocycles. The fourth-order valence-electron chi connectivity index (χ4n) is 3.63. The summed E-state index contributed by atoms with van der Waals surface area (Å²) in [5, 5.41) is 10.4. The van der Waals surface area contributed by atoms with Gasteiger partial charge in [-0.3, -0.25) is 9.59 Å². The summed E-state index contributed by atoms with van der Waals surface area (Å²) >= 11 is 0. The second-order valence-corrected chi connectivity index (χ2v) is 7.72. The predicted octanol–water partition coefficient (Wildman–Crippen LogP) is 4.34. The number of nitrogens with zero attached hydrogens (tertiary/aromatic N) is 4. The lowest BCUT2D eigenvalue weighted by Gasteiger charge is -2.36. The first-order valence-electron chi connectivity index (χ1n) is 10.4. The predicted molar refractivity (Wildman–Crippen MR) is 116 cm³/mol. The first kappa shape index (κ1) is 24.0. The number of aromatic nitrogens is 2. The van der Waals surface area contributed by atoms with E-state index in [1.165, 1.54) is 36.4 Å². The van der Waals surface area contributed by atoms with E-state index < -0.39 is 40.8 Å². The van der Waals surface area contributed by atoms with Gasteiger partial charge < -0.3 is 15.1 Å². The lowest BCUT2D eigenvalue weighted by Crippen LogP contribution is -2.48. The van der Waals surface area contributed by atoms with Crippen molar-refractivity contribution < 1.29 is 31.5 Å². The standard InChI is InChI=1S/C23H18F5N5O2/c24-14-5-7-15(8-6-14)29-21(34)18-9-10-19(31-30-18)32-11-2-12-33(13-32)22(35)20-16(23(26,27)28)3-1-4-17(20)25/h1,3-10H,2,11-13H2,(H,29,34). The van der Waals surface area contributed by atoms with Crippen molar-refractivity contribution in [3.63, 3.8) is 0 Å². The van der Waals surface area contributed by atoms with E-state index >= 15 is 0 Å². The molecule has 3 aromatic rings. The average molecular weight is 491 g/mol. The Bertz CT molecular complexity index is 1230. The van der Waals surface area contributed by atoms with Crippen molar-refractivity contribution in [2.75, 3.05) is 30.0 Å². The lowest BCUT2D eigenvalue weighted by molar-refractivity contribution is -0.138. The van der Waals surface area contributed by atoms with Gasteiger partial charge >= 0.3 is 6.18 Å². The number of amides is 2. The number of carbonyl (C=O) groups is 2. The molecule has 12 heteroatoms. The number of hydrogen-bond donors (Lipinski definition) is 1. The number of anilines is 2. The minimum atomic E-state index is -4.89. The van der Waals surface area contributed by atoms with Crippen molar-refractivity contribution in [2.24, 2.45) is 0 Å². The Kier molecular flexibility index (Phi) is 6.63. The van der Waals surface area contributed by atoms with E-state index in [1.807, 2.05) is 0 Å². The van der Waals surface area contributed by atoms with Crippen LogP contribution >= 0.6 is 0 Å². The van der Waals surface area contributed by atoms with E-state index in [-0.39, 0.29) is 24.7 Å². The largest absolute Gasteiger partial charge is 0.417 e.